The fourth-order valence-electron chi connectivity index (χ4n) is 4.19. The lowest BCUT2D eigenvalue weighted by molar-refractivity contribution is -0.144. The lowest BCUT2D eigenvalue weighted by Gasteiger charge is -2.47. The highest BCUT2D eigenvalue weighted by Gasteiger charge is 2.42. The molecule has 0 aromatic carbocycles. The van der Waals surface area contributed by atoms with Gasteiger partial charge in [0.05, 0.1) is 6.61 Å². The van der Waals surface area contributed by atoms with Crippen LogP contribution in [0.3, 0.4) is 0 Å². The first kappa shape index (κ1) is 17.9. The maximum atomic E-state index is 12.9. The van der Waals surface area contributed by atoms with Gasteiger partial charge in [0.1, 0.15) is 6.04 Å². The van der Waals surface area contributed by atoms with E-state index in [1.54, 1.807) is 15.8 Å². The molecule has 2 amide bonds. The highest BCUT2D eigenvalue weighted by atomic mass is 16.3. The molecule has 0 radical (unpaired) electrons. The highest BCUT2D eigenvalue weighted by Crippen LogP contribution is 2.40. The Kier molecular flexibility index (Phi) is 5.42. The number of aliphatic hydroxyl groups is 1. The summed E-state index contributed by atoms with van der Waals surface area (Å²) in [5.74, 6) is 0.281. The quantitative estimate of drug-likeness (QED) is 0.863. The molecular formula is C18H28N4O3. The molecule has 3 heterocycles. The van der Waals surface area contributed by atoms with Gasteiger partial charge >= 0.3 is 0 Å². The number of likely N-dealkylation sites (tertiary alicyclic amines) is 2. The van der Waals surface area contributed by atoms with Crippen molar-refractivity contribution in [3.63, 3.8) is 0 Å². The normalized spacial score (nSPS) is 21.6. The number of β-amino-alcohol motifs (C(OH)–C–C–N with tert-alkyl or cyclic N) is 1. The standard InChI is InChI=1S/C18H28N4O3/c1-2-15(22-9-3-8-19-22)17(25)20-10-6-18(7-11-20)5-4-16(24)21(14-18)12-13-23/h3,8-9,15,23H,2,4-7,10-14H2,1H3. The van der Waals surface area contributed by atoms with Crippen molar-refractivity contribution in [1.29, 1.82) is 0 Å². The largest absolute Gasteiger partial charge is 0.395 e. The maximum absolute atomic E-state index is 12.9. The predicted molar refractivity (Wildman–Crippen MR) is 92.7 cm³/mol. The van der Waals surface area contributed by atoms with Crippen LogP contribution in [0.15, 0.2) is 18.5 Å². The first-order chi connectivity index (χ1) is 12.1. The Bertz CT molecular complexity index is 593. The van der Waals surface area contributed by atoms with Crippen LogP contribution in [-0.4, -0.2) is 69.3 Å². The number of aliphatic hydroxyl groups excluding tert-OH is 1. The number of aromatic nitrogens is 2. The molecule has 7 heteroatoms. The molecule has 1 atom stereocenters. The van der Waals surface area contributed by atoms with Gasteiger partial charge in [-0.3, -0.25) is 14.3 Å². The second kappa shape index (κ2) is 7.56. The average Bonchev–Trinajstić information content (AvgIpc) is 3.14. The van der Waals surface area contributed by atoms with Crippen LogP contribution in [0.4, 0.5) is 0 Å². The van der Waals surface area contributed by atoms with Gasteiger partial charge in [-0.15, -0.1) is 0 Å². The molecule has 0 bridgehead atoms. The Morgan fingerprint density at radius 1 is 1.36 bits per heavy atom. The molecule has 0 aliphatic carbocycles. The first-order valence-electron chi connectivity index (χ1n) is 9.25. The van der Waals surface area contributed by atoms with E-state index >= 15 is 0 Å². The van der Waals surface area contributed by atoms with Crippen molar-refractivity contribution in [3.8, 4) is 0 Å². The van der Waals surface area contributed by atoms with Crippen LogP contribution in [0.1, 0.15) is 45.1 Å². The summed E-state index contributed by atoms with van der Waals surface area (Å²) in [6, 6.07) is 1.61. The fraction of sp³-hybridized carbons (Fsp3) is 0.722. The second-order valence-electron chi connectivity index (χ2n) is 7.27. The Balaban J connectivity index is 1.61. The molecular weight excluding hydrogens is 320 g/mol. The van der Waals surface area contributed by atoms with Crippen LogP contribution in [0.2, 0.25) is 0 Å². The molecule has 3 rings (SSSR count). The summed E-state index contributed by atoms with van der Waals surface area (Å²) in [6.45, 7) is 4.62. The smallest absolute Gasteiger partial charge is 0.247 e. The van der Waals surface area contributed by atoms with E-state index in [9.17, 15) is 9.59 Å². The molecule has 2 aliphatic heterocycles. The topological polar surface area (TPSA) is 78.7 Å². The van der Waals surface area contributed by atoms with Crippen molar-refractivity contribution in [2.24, 2.45) is 5.41 Å². The Morgan fingerprint density at radius 2 is 2.12 bits per heavy atom. The summed E-state index contributed by atoms with van der Waals surface area (Å²) in [6.07, 6.45) is 7.56. The van der Waals surface area contributed by atoms with Gasteiger partial charge in [0.15, 0.2) is 0 Å². The van der Waals surface area contributed by atoms with Crippen LogP contribution in [-0.2, 0) is 9.59 Å². The van der Waals surface area contributed by atoms with E-state index in [-0.39, 0.29) is 29.9 Å². The maximum Gasteiger partial charge on any atom is 0.247 e. The summed E-state index contributed by atoms with van der Waals surface area (Å²) in [5, 5.41) is 13.4. The molecule has 1 aromatic rings. The molecule has 0 saturated carbocycles. The number of carbonyl (C=O) groups excluding carboxylic acids is 2. The van der Waals surface area contributed by atoms with Gasteiger partial charge in [0.2, 0.25) is 11.8 Å². The third kappa shape index (κ3) is 3.71. The third-order valence-electron chi connectivity index (χ3n) is 5.77. The van der Waals surface area contributed by atoms with E-state index in [0.29, 0.717) is 19.5 Å². The van der Waals surface area contributed by atoms with Crippen molar-refractivity contribution >= 4 is 11.8 Å². The Morgan fingerprint density at radius 3 is 2.72 bits per heavy atom. The van der Waals surface area contributed by atoms with E-state index in [0.717, 1.165) is 38.8 Å². The van der Waals surface area contributed by atoms with Crippen molar-refractivity contribution in [2.75, 3.05) is 32.8 Å². The van der Waals surface area contributed by atoms with Gasteiger partial charge in [0, 0.05) is 45.0 Å². The molecule has 7 nitrogen and oxygen atoms in total. The first-order valence-corrected chi connectivity index (χ1v) is 9.25. The molecule has 1 N–H and O–H groups in total. The molecule has 1 unspecified atom stereocenters. The van der Waals surface area contributed by atoms with Crippen molar-refractivity contribution in [3.05, 3.63) is 18.5 Å². The van der Waals surface area contributed by atoms with Gasteiger partial charge in [-0.05, 0) is 37.2 Å². The SMILES string of the molecule is CCC(C(=O)N1CCC2(CCC(=O)N(CCO)C2)CC1)n1cccn1. The van der Waals surface area contributed by atoms with E-state index in [2.05, 4.69) is 5.10 Å². The summed E-state index contributed by atoms with van der Waals surface area (Å²) in [5.41, 5.74) is 0.104. The van der Waals surface area contributed by atoms with Crippen LogP contribution in [0.25, 0.3) is 0 Å². The van der Waals surface area contributed by atoms with Crippen LogP contribution in [0.5, 0.6) is 0 Å². The molecule has 1 aromatic heterocycles. The summed E-state index contributed by atoms with van der Waals surface area (Å²) >= 11 is 0. The Hall–Kier alpha value is -1.89. The zero-order chi connectivity index (χ0) is 17.9. The van der Waals surface area contributed by atoms with Crippen LogP contribution in [0, 0.1) is 5.41 Å². The highest BCUT2D eigenvalue weighted by molar-refractivity contribution is 5.80. The van der Waals surface area contributed by atoms with Gasteiger partial charge in [-0.1, -0.05) is 6.92 Å². The number of hydrogen-bond donors (Lipinski definition) is 1. The lowest BCUT2D eigenvalue weighted by Crippen LogP contribution is -2.53. The van der Waals surface area contributed by atoms with E-state index in [4.69, 9.17) is 5.11 Å². The second-order valence-corrected chi connectivity index (χ2v) is 7.27. The zero-order valence-electron chi connectivity index (χ0n) is 14.9. The third-order valence-corrected chi connectivity index (χ3v) is 5.77. The number of amides is 2. The summed E-state index contributed by atoms with van der Waals surface area (Å²) in [7, 11) is 0. The van der Waals surface area contributed by atoms with Gasteiger partial charge in [-0.2, -0.15) is 5.10 Å². The van der Waals surface area contributed by atoms with E-state index in [1.807, 2.05) is 24.1 Å². The summed E-state index contributed by atoms with van der Waals surface area (Å²) < 4.78 is 1.75. The predicted octanol–water partition coefficient (Wildman–Crippen LogP) is 1.06. The zero-order valence-corrected chi connectivity index (χ0v) is 14.9. The number of carbonyl (C=O) groups is 2. The van der Waals surface area contributed by atoms with Crippen LogP contribution < -0.4 is 0 Å². The van der Waals surface area contributed by atoms with E-state index in [1.165, 1.54) is 0 Å². The average molecular weight is 348 g/mol. The molecule has 2 saturated heterocycles. The van der Waals surface area contributed by atoms with Crippen molar-refractivity contribution in [1.82, 2.24) is 19.6 Å². The number of hydrogen-bond acceptors (Lipinski definition) is 4. The lowest BCUT2D eigenvalue weighted by atomic mass is 9.72. The number of piperidine rings is 2. The molecule has 138 valence electrons. The minimum atomic E-state index is -0.233. The fourth-order valence-corrected chi connectivity index (χ4v) is 4.19. The van der Waals surface area contributed by atoms with Crippen molar-refractivity contribution in [2.45, 2.75) is 45.1 Å². The summed E-state index contributed by atoms with van der Waals surface area (Å²) in [4.78, 5) is 28.6. The van der Waals surface area contributed by atoms with Gasteiger partial charge < -0.3 is 14.9 Å². The molecule has 1 spiro atoms. The number of nitrogens with zero attached hydrogens (tertiary/aromatic N) is 4. The van der Waals surface area contributed by atoms with E-state index < -0.39 is 0 Å². The van der Waals surface area contributed by atoms with Crippen molar-refractivity contribution < 1.29 is 14.7 Å². The van der Waals surface area contributed by atoms with Gasteiger partial charge in [0.25, 0.3) is 0 Å². The minimum absolute atomic E-state index is 0.00841. The molecule has 25 heavy (non-hydrogen) atoms. The Labute approximate surface area is 148 Å². The molecule has 2 aliphatic rings. The number of rotatable bonds is 5. The minimum Gasteiger partial charge on any atom is -0.395 e. The van der Waals surface area contributed by atoms with Crippen LogP contribution >= 0.6 is 0 Å². The molecule has 2 fully saturated rings. The van der Waals surface area contributed by atoms with Gasteiger partial charge in [-0.25, -0.2) is 0 Å². The monoisotopic (exact) mass is 348 g/mol.